The molecule has 2 N–H and O–H groups in total. The Kier molecular flexibility index (Phi) is 7.75. The molecule has 186 valence electrons. The Labute approximate surface area is 197 Å². The average molecular weight is 479 g/mol. The number of halogens is 1. The van der Waals surface area contributed by atoms with Crippen molar-refractivity contribution in [2.45, 2.75) is 59.1 Å². The SMILES string of the molecule is CC(=O)NNC(=O)c1ccc(O[C@H]2CCN(C3CCN(OC(=O)C(C)(C)C)CC3)C2=O)c(F)c1. The molecular formula is C23H31FN4O6. The number of amides is 3. The molecule has 2 saturated heterocycles. The van der Waals surface area contributed by atoms with Crippen LogP contribution in [-0.4, -0.2) is 65.4 Å². The smallest absolute Gasteiger partial charge is 0.330 e. The molecule has 0 unspecified atom stereocenters. The van der Waals surface area contributed by atoms with Gasteiger partial charge in [-0.3, -0.25) is 25.2 Å². The van der Waals surface area contributed by atoms with Crippen LogP contribution in [0.2, 0.25) is 0 Å². The Morgan fingerprint density at radius 2 is 1.74 bits per heavy atom. The van der Waals surface area contributed by atoms with Crippen LogP contribution in [0.4, 0.5) is 4.39 Å². The Morgan fingerprint density at radius 3 is 2.32 bits per heavy atom. The molecule has 1 atom stereocenters. The third kappa shape index (κ3) is 6.22. The maximum absolute atomic E-state index is 14.5. The fourth-order valence-corrected chi connectivity index (χ4v) is 3.75. The van der Waals surface area contributed by atoms with E-state index in [4.69, 9.17) is 9.57 Å². The molecule has 0 aromatic heterocycles. The molecule has 1 aromatic rings. The summed E-state index contributed by atoms with van der Waals surface area (Å²) in [6.45, 7) is 8.16. The lowest BCUT2D eigenvalue weighted by molar-refractivity contribution is -0.206. The molecular weight excluding hydrogens is 447 g/mol. The number of carbonyl (C=O) groups is 4. The number of benzene rings is 1. The first-order valence-corrected chi connectivity index (χ1v) is 11.3. The van der Waals surface area contributed by atoms with Gasteiger partial charge in [-0.25, -0.2) is 9.18 Å². The topological polar surface area (TPSA) is 117 Å². The molecule has 2 aliphatic heterocycles. The quantitative estimate of drug-likeness (QED) is 0.617. The van der Waals surface area contributed by atoms with Crippen molar-refractivity contribution in [2.24, 2.45) is 5.41 Å². The molecule has 10 nitrogen and oxygen atoms in total. The average Bonchev–Trinajstić information content (AvgIpc) is 3.13. The van der Waals surface area contributed by atoms with E-state index in [1.165, 1.54) is 19.1 Å². The largest absolute Gasteiger partial charge is 0.477 e. The van der Waals surface area contributed by atoms with Gasteiger partial charge in [0.25, 0.3) is 11.8 Å². The summed E-state index contributed by atoms with van der Waals surface area (Å²) in [5, 5.41) is 1.64. The van der Waals surface area contributed by atoms with Gasteiger partial charge in [-0.1, -0.05) is 0 Å². The van der Waals surface area contributed by atoms with Crippen molar-refractivity contribution in [2.75, 3.05) is 19.6 Å². The molecule has 2 aliphatic rings. The van der Waals surface area contributed by atoms with Crippen molar-refractivity contribution < 1.29 is 33.1 Å². The lowest BCUT2D eigenvalue weighted by Crippen LogP contribution is -2.47. The van der Waals surface area contributed by atoms with Crippen LogP contribution >= 0.6 is 0 Å². The van der Waals surface area contributed by atoms with Crippen LogP contribution in [-0.2, 0) is 19.2 Å². The summed E-state index contributed by atoms with van der Waals surface area (Å²) in [5.74, 6) is -2.55. The van der Waals surface area contributed by atoms with E-state index in [1.807, 2.05) is 0 Å². The van der Waals surface area contributed by atoms with E-state index in [2.05, 4.69) is 10.9 Å². The first-order valence-electron chi connectivity index (χ1n) is 11.3. The van der Waals surface area contributed by atoms with Gasteiger partial charge in [-0.2, -0.15) is 0 Å². The highest BCUT2D eigenvalue weighted by molar-refractivity contribution is 5.95. The summed E-state index contributed by atoms with van der Waals surface area (Å²) in [7, 11) is 0. The van der Waals surface area contributed by atoms with Gasteiger partial charge in [0, 0.05) is 44.6 Å². The van der Waals surface area contributed by atoms with Gasteiger partial charge >= 0.3 is 5.97 Å². The molecule has 0 bridgehead atoms. The van der Waals surface area contributed by atoms with Crippen LogP contribution in [0.3, 0.4) is 0 Å². The molecule has 2 fully saturated rings. The summed E-state index contributed by atoms with van der Waals surface area (Å²) < 4.78 is 20.1. The van der Waals surface area contributed by atoms with Crippen molar-refractivity contribution in [1.29, 1.82) is 0 Å². The summed E-state index contributed by atoms with van der Waals surface area (Å²) in [5.41, 5.74) is 3.69. The second-order valence-electron chi connectivity index (χ2n) is 9.50. The Morgan fingerprint density at radius 1 is 1.06 bits per heavy atom. The fourth-order valence-electron chi connectivity index (χ4n) is 3.75. The summed E-state index contributed by atoms with van der Waals surface area (Å²) in [6, 6.07) is 3.62. The monoisotopic (exact) mass is 478 g/mol. The van der Waals surface area contributed by atoms with Crippen LogP contribution < -0.4 is 15.6 Å². The van der Waals surface area contributed by atoms with Gasteiger partial charge in [-0.15, -0.1) is 5.06 Å². The number of hydrogen-bond acceptors (Lipinski definition) is 7. The molecule has 2 heterocycles. The molecule has 0 aliphatic carbocycles. The number of hydrogen-bond donors (Lipinski definition) is 2. The van der Waals surface area contributed by atoms with Gasteiger partial charge < -0.3 is 14.5 Å². The van der Waals surface area contributed by atoms with E-state index < -0.39 is 29.2 Å². The van der Waals surface area contributed by atoms with E-state index in [1.54, 1.807) is 30.7 Å². The van der Waals surface area contributed by atoms with Gasteiger partial charge in [0.05, 0.1) is 5.41 Å². The zero-order valence-electron chi connectivity index (χ0n) is 19.9. The molecule has 0 spiro atoms. The molecule has 34 heavy (non-hydrogen) atoms. The molecule has 0 saturated carbocycles. The number of carbonyl (C=O) groups excluding carboxylic acids is 4. The number of hydroxylamine groups is 2. The fraction of sp³-hybridized carbons (Fsp3) is 0.565. The van der Waals surface area contributed by atoms with E-state index >= 15 is 0 Å². The Bertz CT molecular complexity index is 955. The number of nitrogens with zero attached hydrogens (tertiary/aromatic N) is 2. The highest BCUT2D eigenvalue weighted by atomic mass is 19.1. The minimum atomic E-state index is -0.815. The third-order valence-corrected chi connectivity index (χ3v) is 5.69. The van der Waals surface area contributed by atoms with Crippen molar-refractivity contribution in [1.82, 2.24) is 20.8 Å². The summed E-state index contributed by atoms with van der Waals surface area (Å²) in [4.78, 5) is 55.0. The van der Waals surface area contributed by atoms with Gasteiger partial charge in [-0.05, 0) is 51.8 Å². The minimum absolute atomic E-state index is 0.00287. The molecule has 3 amide bonds. The van der Waals surface area contributed by atoms with Crippen molar-refractivity contribution in [3.8, 4) is 5.75 Å². The van der Waals surface area contributed by atoms with Crippen molar-refractivity contribution in [3.63, 3.8) is 0 Å². The molecule has 11 heteroatoms. The van der Waals surface area contributed by atoms with Crippen molar-refractivity contribution in [3.05, 3.63) is 29.6 Å². The van der Waals surface area contributed by atoms with Crippen LogP contribution in [0, 0.1) is 11.2 Å². The van der Waals surface area contributed by atoms with Crippen LogP contribution in [0.15, 0.2) is 18.2 Å². The second-order valence-corrected chi connectivity index (χ2v) is 9.50. The number of piperidine rings is 1. The first-order chi connectivity index (χ1) is 16.0. The van der Waals surface area contributed by atoms with E-state index in [9.17, 15) is 23.6 Å². The number of likely N-dealkylation sites (tertiary alicyclic amines) is 1. The van der Waals surface area contributed by atoms with Gasteiger partial charge in [0.15, 0.2) is 17.7 Å². The maximum atomic E-state index is 14.5. The van der Waals surface area contributed by atoms with Crippen LogP contribution in [0.25, 0.3) is 0 Å². The number of ether oxygens (including phenoxy) is 1. The molecule has 0 radical (unpaired) electrons. The number of rotatable bonds is 5. The van der Waals surface area contributed by atoms with E-state index in [-0.39, 0.29) is 29.2 Å². The highest BCUT2D eigenvalue weighted by Crippen LogP contribution is 2.28. The third-order valence-electron chi connectivity index (χ3n) is 5.69. The molecule has 1 aromatic carbocycles. The predicted octanol–water partition coefficient (Wildman–Crippen LogP) is 1.55. The van der Waals surface area contributed by atoms with Gasteiger partial charge in [0.1, 0.15) is 0 Å². The number of hydrazine groups is 1. The van der Waals surface area contributed by atoms with E-state index in [0.717, 1.165) is 6.07 Å². The molecule has 3 rings (SSSR count). The highest BCUT2D eigenvalue weighted by Gasteiger charge is 2.39. The predicted molar refractivity (Wildman–Crippen MR) is 119 cm³/mol. The Hall–Kier alpha value is -3.21. The first kappa shape index (κ1) is 25.4. The van der Waals surface area contributed by atoms with Gasteiger partial charge in [0.2, 0.25) is 5.91 Å². The lowest BCUT2D eigenvalue weighted by Gasteiger charge is -2.36. The minimum Gasteiger partial charge on any atom is -0.477 e. The zero-order chi connectivity index (χ0) is 25.0. The lowest BCUT2D eigenvalue weighted by atomic mass is 9.98. The second kappa shape index (κ2) is 10.4. The van der Waals surface area contributed by atoms with Crippen LogP contribution in [0.1, 0.15) is 57.3 Å². The Balaban J connectivity index is 1.53. The summed E-state index contributed by atoms with van der Waals surface area (Å²) in [6.07, 6.45) is 0.915. The maximum Gasteiger partial charge on any atom is 0.330 e. The van der Waals surface area contributed by atoms with Crippen LogP contribution in [0.5, 0.6) is 5.75 Å². The van der Waals surface area contributed by atoms with E-state index in [0.29, 0.717) is 38.9 Å². The summed E-state index contributed by atoms with van der Waals surface area (Å²) >= 11 is 0. The normalized spacial score (nSPS) is 19.6. The van der Waals surface area contributed by atoms with Crippen molar-refractivity contribution >= 4 is 23.7 Å². The number of nitrogens with one attached hydrogen (secondary N) is 2. The standard InChI is InChI=1S/C23H31FN4O6/c1-14(29)25-26-20(30)15-5-6-18(17(24)13-15)33-19-9-12-28(21(19)31)16-7-10-27(11-8-16)34-22(32)23(2,3)4/h5-6,13,16,19H,7-12H2,1-4H3,(H,25,29)(H,26,30)/t19-/m0/s1. The zero-order valence-corrected chi connectivity index (χ0v) is 19.9.